The van der Waals surface area contributed by atoms with Gasteiger partial charge in [0.1, 0.15) is 29.0 Å². The van der Waals surface area contributed by atoms with Gasteiger partial charge in [-0.15, -0.1) is 10.2 Å². The molecule has 0 unspecified atom stereocenters. The summed E-state index contributed by atoms with van der Waals surface area (Å²) in [6, 6.07) is 10.3. The zero-order chi connectivity index (χ0) is 26.7. The van der Waals surface area contributed by atoms with Gasteiger partial charge in [-0.3, -0.25) is 9.55 Å². The number of aliphatic hydroxyl groups excluding tert-OH is 1. The maximum atomic E-state index is 13.5. The number of hydrogen-bond acceptors (Lipinski definition) is 10. The molecule has 12 heteroatoms. The number of aryl methyl sites for hydroxylation is 2. The Morgan fingerprint density at radius 2 is 1.68 bits per heavy atom. The minimum atomic E-state index is -3.96. The summed E-state index contributed by atoms with van der Waals surface area (Å²) in [4.78, 5) is 4.25. The van der Waals surface area contributed by atoms with E-state index in [1.807, 2.05) is 13.0 Å². The van der Waals surface area contributed by atoms with Crippen molar-refractivity contribution in [2.75, 3.05) is 14.2 Å². The van der Waals surface area contributed by atoms with Crippen LogP contribution in [-0.2, 0) is 15.6 Å². The molecule has 4 aromatic rings. The summed E-state index contributed by atoms with van der Waals surface area (Å²) in [7, 11) is -0.940. The van der Waals surface area contributed by atoms with Crippen molar-refractivity contribution in [3.8, 4) is 28.6 Å². The van der Waals surface area contributed by atoms with Crippen molar-refractivity contribution < 1.29 is 23.0 Å². The van der Waals surface area contributed by atoms with Crippen LogP contribution in [0.15, 0.2) is 48.8 Å². The molecular formula is C25H28N6O5S. The first kappa shape index (κ1) is 26.2. The van der Waals surface area contributed by atoms with Crippen LogP contribution < -0.4 is 9.47 Å². The van der Waals surface area contributed by atoms with Crippen molar-refractivity contribution >= 4 is 9.84 Å². The van der Waals surface area contributed by atoms with Gasteiger partial charge in [0, 0.05) is 18.0 Å². The van der Waals surface area contributed by atoms with E-state index in [1.165, 1.54) is 21.1 Å². The number of methoxy groups -OCH3 is 2. The van der Waals surface area contributed by atoms with Crippen molar-refractivity contribution in [2.24, 2.45) is 0 Å². The van der Waals surface area contributed by atoms with Crippen LogP contribution in [0.25, 0.3) is 17.1 Å². The highest BCUT2D eigenvalue weighted by Gasteiger charge is 2.33. The molecule has 0 bridgehead atoms. The summed E-state index contributed by atoms with van der Waals surface area (Å²) in [6.45, 7) is 5.07. The Balaban J connectivity index is 1.83. The highest BCUT2D eigenvalue weighted by Crippen LogP contribution is 2.37. The summed E-state index contributed by atoms with van der Waals surface area (Å²) in [6.07, 6.45) is 1.95. The largest absolute Gasteiger partial charge is 0.494 e. The topological polar surface area (TPSA) is 142 Å². The molecule has 0 saturated heterocycles. The Hall–Kier alpha value is -3.90. The molecule has 0 radical (unpaired) electrons. The van der Waals surface area contributed by atoms with E-state index in [0.717, 1.165) is 5.56 Å². The first-order valence-electron chi connectivity index (χ1n) is 11.4. The summed E-state index contributed by atoms with van der Waals surface area (Å²) >= 11 is 0. The van der Waals surface area contributed by atoms with Crippen molar-refractivity contribution in [1.29, 1.82) is 0 Å². The van der Waals surface area contributed by atoms with Gasteiger partial charge in [-0.05, 0) is 56.7 Å². The molecule has 0 aliphatic carbocycles. The quantitative estimate of drug-likeness (QED) is 0.347. The van der Waals surface area contributed by atoms with Gasteiger partial charge in [0.15, 0.2) is 21.5 Å². The molecule has 1 N–H and O–H groups in total. The van der Waals surface area contributed by atoms with Crippen LogP contribution >= 0.6 is 0 Å². The number of ether oxygens (including phenoxy) is 2. The SMILES string of the molecule is COc1cccc(OC)c1-n1c(CS(=O)(=O)[C@@H](C)[C@H](O)c2ccc(C)nn2)nnc1-c1cncc(C)c1. The molecule has 11 nitrogen and oxygen atoms in total. The molecule has 37 heavy (non-hydrogen) atoms. The summed E-state index contributed by atoms with van der Waals surface area (Å²) in [5.41, 5.74) is 2.79. The second-order valence-corrected chi connectivity index (χ2v) is 11.0. The fraction of sp³-hybridized carbons (Fsp3) is 0.320. The molecular weight excluding hydrogens is 496 g/mol. The average Bonchev–Trinajstić information content (AvgIpc) is 3.29. The van der Waals surface area contributed by atoms with Gasteiger partial charge in [-0.25, -0.2) is 8.42 Å². The zero-order valence-corrected chi connectivity index (χ0v) is 22.0. The van der Waals surface area contributed by atoms with E-state index >= 15 is 0 Å². The van der Waals surface area contributed by atoms with Crippen LogP contribution in [0.2, 0.25) is 0 Å². The summed E-state index contributed by atoms with van der Waals surface area (Å²) < 4.78 is 39.8. The van der Waals surface area contributed by atoms with E-state index in [-0.39, 0.29) is 11.5 Å². The van der Waals surface area contributed by atoms with Crippen LogP contribution in [0.4, 0.5) is 0 Å². The number of para-hydroxylation sites is 1. The number of aromatic nitrogens is 6. The van der Waals surface area contributed by atoms with E-state index in [2.05, 4.69) is 25.4 Å². The first-order valence-corrected chi connectivity index (χ1v) is 13.2. The van der Waals surface area contributed by atoms with E-state index in [9.17, 15) is 13.5 Å². The van der Waals surface area contributed by atoms with Gasteiger partial charge in [-0.2, -0.15) is 10.2 Å². The third-order valence-corrected chi connectivity index (χ3v) is 8.00. The third-order valence-electron chi connectivity index (χ3n) is 5.95. The lowest BCUT2D eigenvalue weighted by atomic mass is 10.2. The van der Waals surface area contributed by atoms with E-state index < -0.39 is 26.9 Å². The molecule has 0 saturated carbocycles. The van der Waals surface area contributed by atoms with Crippen molar-refractivity contribution in [3.05, 3.63) is 71.6 Å². The summed E-state index contributed by atoms with van der Waals surface area (Å²) in [5, 5.41) is 26.0. The first-order chi connectivity index (χ1) is 17.7. The van der Waals surface area contributed by atoms with Crippen LogP contribution in [0.5, 0.6) is 11.5 Å². The lowest BCUT2D eigenvalue weighted by molar-refractivity contribution is 0.170. The highest BCUT2D eigenvalue weighted by atomic mass is 32.2. The molecule has 0 spiro atoms. The number of sulfone groups is 1. The second-order valence-electron chi connectivity index (χ2n) is 8.59. The van der Waals surface area contributed by atoms with Crippen molar-refractivity contribution in [2.45, 2.75) is 37.9 Å². The number of rotatable bonds is 9. The van der Waals surface area contributed by atoms with E-state index in [1.54, 1.807) is 54.2 Å². The van der Waals surface area contributed by atoms with Gasteiger partial charge in [-0.1, -0.05) is 6.07 Å². The van der Waals surface area contributed by atoms with Gasteiger partial charge < -0.3 is 14.6 Å². The van der Waals surface area contributed by atoms with Gasteiger partial charge in [0.2, 0.25) is 0 Å². The fourth-order valence-corrected chi connectivity index (χ4v) is 5.22. The summed E-state index contributed by atoms with van der Waals surface area (Å²) in [5.74, 6) is 0.832. The molecule has 2 atom stereocenters. The molecule has 0 aliphatic rings. The zero-order valence-electron chi connectivity index (χ0n) is 21.2. The van der Waals surface area contributed by atoms with Gasteiger partial charge in [0.25, 0.3) is 0 Å². The molecule has 1 aromatic carbocycles. The molecule has 3 heterocycles. The maximum absolute atomic E-state index is 13.5. The van der Waals surface area contributed by atoms with E-state index in [4.69, 9.17) is 9.47 Å². The predicted octanol–water partition coefficient (Wildman–Crippen LogP) is 2.79. The number of pyridine rings is 1. The van der Waals surface area contributed by atoms with Gasteiger partial charge in [0.05, 0.1) is 30.9 Å². The minimum absolute atomic E-state index is 0.119. The normalized spacial score (nSPS) is 13.2. The maximum Gasteiger partial charge on any atom is 0.170 e. The molecule has 0 fully saturated rings. The number of nitrogens with zero attached hydrogens (tertiary/aromatic N) is 6. The molecule has 0 amide bonds. The molecule has 194 valence electrons. The molecule has 3 aromatic heterocycles. The monoisotopic (exact) mass is 524 g/mol. The van der Waals surface area contributed by atoms with Crippen LogP contribution in [0.3, 0.4) is 0 Å². The molecule has 0 aliphatic heterocycles. The predicted molar refractivity (Wildman–Crippen MR) is 136 cm³/mol. The highest BCUT2D eigenvalue weighted by molar-refractivity contribution is 7.91. The lowest BCUT2D eigenvalue weighted by Gasteiger charge is -2.20. The molecule has 4 rings (SSSR count). The van der Waals surface area contributed by atoms with E-state index in [0.29, 0.717) is 34.3 Å². The van der Waals surface area contributed by atoms with Crippen LogP contribution in [0, 0.1) is 13.8 Å². The van der Waals surface area contributed by atoms with Crippen molar-refractivity contribution in [1.82, 2.24) is 29.9 Å². The second kappa shape index (κ2) is 10.6. The van der Waals surface area contributed by atoms with Gasteiger partial charge >= 0.3 is 0 Å². The fourth-order valence-electron chi connectivity index (χ4n) is 3.88. The Bertz CT molecular complexity index is 1480. The Kier molecular flexibility index (Phi) is 7.50. The smallest absolute Gasteiger partial charge is 0.170 e. The minimum Gasteiger partial charge on any atom is -0.494 e. The third kappa shape index (κ3) is 5.30. The number of benzene rings is 1. The standard InChI is InChI=1S/C25H28N6O5S/c1-15-11-18(13-26-12-15)25-30-29-22(31(25)23-20(35-4)7-6-8-21(23)36-5)14-37(33,34)17(3)24(32)19-10-9-16(2)27-28-19/h6-13,17,24,32H,14H2,1-5H3/t17-,24-/m0/s1. The van der Waals surface area contributed by atoms with Crippen molar-refractivity contribution in [3.63, 3.8) is 0 Å². The average molecular weight is 525 g/mol. The lowest BCUT2D eigenvalue weighted by Crippen LogP contribution is -2.28. The number of aliphatic hydroxyl groups is 1. The number of hydrogen-bond donors (Lipinski definition) is 1. The van der Waals surface area contributed by atoms with Crippen LogP contribution in [-0.4, -0.2) is 62.9 Å². The Morgan fingerprint density at radius 3 is 2.27 bits per heavy atom. The van der Waals surface area contributed by atoms with Crippen LogP contribution in [0.1, 0.15) is 35.8 Å². The Labute approximate surface area is 215 Å². The Morgan fingerprint density at radius 1 is 0.973 bits per heavy atom.